The van der Waals surface area contributed by atoms with Crippen LogP contribution in [0, 0.1) is 39.4 Å². The molecule has 2 saturated carbocycles. The van der Waals surface area contributed by atoms with Crippen LogP contribution in [-0.4, -0.2) is 55.9 Å². The number of aliphatic hydroxyl groups is 3. The summed E-state index contributed by atoms with van der Waals surface area (Å²) in [6.07, 6.45) is 5.89. The number of carbonyl (C=O) groups is 4. The second kappa shape index (κ2) is 8.96. The Bertz CT molecular complexity index is 1270. The summed E-state index contributed by atoms with van der Waals surface area (Å²) >= 11 is 0. The van der Waals surface area contributed by atoms with E-state index >= 15 is 0 Å². The van der Waals surface area contributed by atoms with Gasteiger partial charge in [0, 0.05) is 30.6 Å². The van der Waals surface area contributed by atoms with Crippen LogP contribution in [0.4, 0.5) is 0 Å². The molecule has 0 aromatic rings. The van der Waals surface area contributed by atoms with Gasteiger partial charge in [0.1, 0.15) is 17.0 Å². The molecule has 0 aromatic carbocycles. The minimum absolute atomic E-state index is 0.0249. The normalized spacial score (nSPS) is 40.4. The van der Waals surface area contributed by atoms with Gasteiger partial charge in [0.25, 0.3) is 0 Å². The van der Waals surface area contributed by atoms with Gasteiger partial charge in [-0.25, -0.2) is 0 Å². The predicted octanol–water partition coefficient (Wildman–Crippen LogP) is 4.19. The van der Waals surface area contributed by atoms with Crippen molar-refractivity contribution in [3.05, 3.63) is 35.6 Å². The van der Waals surface area contributed by atoms with Crippen molar-refractivity contribution in [2.75, 3.05) is 0 Å². The molecule has 8 nitrogen and oxygen atoms in total. The number of Topliss-reactive ketones (excluding diaryl/α,β-unsaturated/α-hetero) is 2. The van der Waals surface area contributed by atoms with E-state index in [0.29, 0.717) is 6.42 Å². The molecule has 0 unspecified atom stereocenters. The monoisotopic (exact) mass is 556 g/mol. The Labute approximate surface area is 236 Å². The number of aliphatic hydroxyl groups excluding tert-OH is 2. The smallest absolute Gasteiger partial charge is 0.303 e. The van der Waals surface area contributed by atoms with E-state index in [1.807, 2.05) is 26.8 Å². The maximum Gasteiger partial charge on any atom is 0.303 e. The SMILES string of the molecule is CC(=O)OC(C)(C)/C=C/C(=O)[C@@](C)(O)[C@@H]1[C@@H](O)C[C@]2(C)[C@H]3CC=C4[C@H](C=C(O)C(=O)C4(C)C)[C@@]3(C)C(=O)C[C@@]12C. The molecule has 3 N–H and O–H groups in total. The minimum atomic E-state index is -2.00. The van der Waals surface area contributed by atoms with Gasteiger partial charge in [-0.3, -0.25) is 19.2 Å². The van der Waals surface area contributed by atoms with Crippen LogP contribution >= 0.6 is 0 Å². The first-order valence-electron chi connectivity index (χ1n) is 14.1. The van der Waals surface area contributed by atoms with Gasteiger partial charge in [-0.05, 0) is 82.4 Å². The molecule has 0 saturated heterocycles. The van der Waals surface area contributed by atoms with E-state index in [4.69, 9.17) is 4.74 Å². The van der Waals surface area contributed by atoms with E-state index < -0.39 is 62.6 Å². The number of allylic oxidation sites excluding steroid dienone is 4. The van der Waals surface area contributed by atoms with Crippen LogP contribution < -0.4 is 0 Å². The Balaban J connectivity index is 1.76. The van der Waals surface area contributed by atoms with Gasteiger partial charge in [0.2, 0.25) is 5.78 Å². The van der Waals surface area contributed by atoms with Crippen molar-refractivity contribution in [3.8, 4) is 0 Å². The summed E-state index contributed by atoms with van der Waals surface area (Å²) in [5.74, 6) is -3.61. The Kier molecular flexibility index (Phi) is 6.80. The molecule has 0 heterocycles. The zero-order chi connectivity index (χ0) is 30.4. The molecular weight excluding hydrogens is 512 g/mol. The Morgan fingerprint density at radius 2 is 1.68 bits per heavy atom. The standard InChI is InChI=1S/C32H44O8/c1-17(33)40-27(2,3)13-12-23(36)32(9,39)25-21(35)15-29(6)22-11-10-18-19(14-20(34)26(38)28(18,4)5)31(22,8)24(37)16-30(25,29)7/h10,12-14,19,21-22,25,34-35,39H,11,15-16H2,1-9H3/b13-12+/t19-,21-,22+,25+,29+,30-,31+,32+/m0/s1. The van der Waals surface area contributed by atoms with Crippen molar-refractivity contribution in [2.24, 2.45) is 39.4 Å². The third-order valence-electron chi connectivity index (χ3n) is 11.2. The van der Waals surface area contributed by atoms with Crippen LogP contribution in [0.3, 0.4) is 0 Å². The molecule has 8 heteroatoms. The second-order valence-electron chi connectivity index (χ2n) is 14.4. The molecule has 40 heavy (non-hydrogen) atoms. The quantitative estimate of drug-likeness (QED) is 0.260. The lowest BCUT2D eigenvalue weighted by Crippen LogP contribution is -2.64. The van der Waals surface area contributed by atoms with Crippen LogP contribution in [0.25, 0.3) is 0 Å². The highest BCUT2D eigenvalue weighted by molar-refractivity contribution is 6.02. The summed E-state index contributed by atoms with van der Waals surface area (Å²) in [7, 11) is 0. The topological polar surface area (TPSA) is 138 Å². The Morgan fingerprint density at radius 1 is 1.07 bits per heavy atom. The van der Waals surface area contributed by atoms with Crippen LogP contribution in [0.1, 0.15) is 81.6 Å². The second-order valence-corrected chi connectivity index (χ2v) is 14.4. The van der Waals surface area contributed by atoms with Crippen molar-refractivity contribution in [1.82, 2.24) is 0 Å². The number of hydrogen-bond acceptors (Lipinski definition) is 8. The highest BCUT2D eigenvalue weighted by Gasteiger charge is 2.74. The largest absolute Gasteiger partial charge is 0.505 e. The Hall–Kier alpha value is -2.58. The lowest BCUT2D eigenvalue weighted by Gasteiger charge is -2.63. The number of hydrogen-bond donors (Lipinski definition) is 3. The van der Waals surface area contributed by atoms with Crippen molar-refractivity contribution in [2.45, 2.75) is 98.9 Å². The first kappa shape index (κ1) is 30.4. The van der Waals surface area contributed by atoms with Gasteiger partial charge < -0.3 is 20.1 Å². The summed E-state index contributed by atoms with van der Waals surface area (Å²) in [4.78, 5) is 52.0. The first-order chi connectivity index (χ1) is 18.1. The highest BCUT2D eigenvalue weighted by Crippen LogP contribution is 2.73. The molecular formula is C32H44O8. The molecule has 0 aromatic heterocycles. The van der Waals surface area contributed by atoms with Crippen LogP contribution in [-0.2, 0) is 23.9 Å². The summed E-state index contributed by atoms with van der Waals surface area (Å²) < 4.78 is 5.22. The first-order valence-corrected chi connectivity index (χ1v) is 14.1. The summed E-state index contributed by atoms with van der Waals surface area (Å²) in [6, 6.07) is 0. The predicted molar refractivity (Wildman–Crippen MR) is 148 cm³/mol. The number of fused-ring (bicyclic) bond motifs is 5. The third-order valence-corrected chi connectivity index (χ3v) is 11.2. The Morgan fingerprint density at radius 3 is 2.25 bits per heavy atom. The van der Waals surface area contributed by atoms with E-state index in [1.54, 1.807) is 27.7 Å². The molecule has 4 aliphatic rings. The zero-order valence-corrected chi connectivity index (χ0v) is 25.1. The summed E-state index contributed by atoms with van der Waals surface area (Å²) in [5, 5.41) is 33.8. The molecule has 0 bridgehead atoms. The summed E-state index contributed by atoms with van der Waals surface area (Å²) in [6.45, 7) is 15.3. The van der Waals surface area contributed by atoms with Crippen LogP contribution in [0.2, 0.25) is 0 Å². The molecule has 2 fully saturated rings. The number of rotatable bonds is 5. The zero-order valence-electron chi connectivity index (χ0n) is 25.1. The van der Waals surface area contributed by atoms with Gasteiger partial charge in [-0.1, -0.05) is 32.4 Å². The lowest BCUT2D eigenvalue weighted by molar-refractivity contribution is -0.179. The van der Waals surface area contributed by atoms with E-state index in [-0.39, 0.29) is 36.1 Å². The summed E-state index contributed by atoms with van der Waals surface area (Å²) in [5.41, 5.74) is -5.72. The van der Waals surface area contributed by atoms with Gasteiger partial charge in [0.15, 0.2) is 11.5 Å². The van der Waals surface area contributed by atoms with Crippen molar-refractivity contribution in [1.29, 1.82) is 0 Å². The van der Waals surface area contributed by atoms with Gasteiger partial charge in [-0.2, -0.15) is 0 Å². The van der Waals surface area contributed by atoms with Crippen LogP contribution in [0.15, 0.2) is 35.6 Å². The lowest BCUT2D eigenvalue weighted by atomic mass is 9.39. The molecule has 8 atom stereocenters. The van der Waals surface area contributed by atoms with E-state index in [9.17, 15) is 34.5 Å². The minimum Gasteiger partial charge on any atom is -0.505 e. The highest BCUT2D eigenvalue weighted by atomic mass is 16.6. The van der Waals surface area contributed by atoms with E-state index in [1.165, 1.54) is 32.1 Å². The molecule has 0 spiro atoms. The molecule has 4 rings (SSSR count). The molecule has 4 aliphatic carbocycles. The maximum atomic E-state index is 14.3. The number of ether oxygens (including phenoxy) is 1. The average molecular weight is 557 g/mol. The third kappa shape index (κ3) is 4.00. The fourth-order valence-corrected chi connectivity index (χ4v) is 8.98. The molecule has 0 radical (unpaired) electrons. The van der Waals surface area contributed by atoms with Crippen molar-refractivity contribution < 1.29 is 39.2 Å². The van der Waals surface area contributed by atoms with Crippen molar-refractivity contribution >= 4 is 23.3 Å². The van der Waals surface area contributed by atoms with E-state index in [2.05, 4.69) is 0 Å². The van der Waals surface area contributed by atoms with Crippen LogP contribution in [0.5, 0.6) is 0 Å². The number of carbonyl (C=O) groups excluding carboxylic acids is 4. The number of ketones is 3. The molecule has 0 amide bonds. The van der Waals surface area contributed by atoms with Gasteiger partial charge in [0.05, 0.1) is 11.5 Å². The molecule has 0 aliphatic heterocycles. The fourth-order valence-electron chi connectivity index (χ4n) is 8.98. The van der Waals surface area contributed by atoms with E-state index in [0.717, 1.165) is 5.57 Å². The average Bonchev–Trinajstić information content (AvgIpc) is 3.01. The molecule has 220 valence electrons. The van der Waals surface area contributed by atoms with Gasteiger partial charge in [-0.15, -0.1) is 0 Å². The van der Waals surface area contributed by atoms with Gasteiger partial charge >= 0.3 is 5.97 Å². The fraction of sp³-hybridized carbons (Fsp3) is 0.688. The number of esters is 1. The maximum absolute atomic E-state index is 14.3. The van der Waals surface area contributed by atoms with Crippen molar-refractivity contribution in [3.63, 3.8) is 0 Å².